The van der Waals surface area contributed by atoms with Gasteiger partial charge in [-0.3, -0.25) is 0 Å². The van der Waals surface area contributed by atoms with Crippen molar-refractivity contribution in [1.82, 2.24) is 0 Å². The molecule has 9 rings (SSSR count). The molecule has 1 aliphatic heterocycles. The highest BCUT2D eigenvalue weighted by molar-refractivity contribution is 5.82. The number of nitrogens with zero attached hydrogens (tertiary/aromatic N) is 2. The minimum Gasteiger partial charge on any atom is -0.357 e. The standard InChI is InChI=1S/C48H38N2/c1-3-12-35(13-4-1)37-22-28-41(29-23-37)49(42-30-24-38(25-31-42)36-14-5-2-6-15-36)44-17-11-16-40(34-44)39-26-32-43(33-27-39)50-47-20-9-7-18-45(47)46-19-8-10-21-48(46)50/h1-34,45-48H. The maximum atomic E-state index is 2.61. The Labute approximate surface area is 295 Å². The topological polar surface area (TPSA) is 6.48 Å². The number of allylic oxidation sites excluding steroid dienone is 4. The SMILES string of the molecule is C1=CC2C3C=CC=CC3N(c3ccc(-c4cccc(N(c5ccc(-c6ccccc6)cc5)c5ccc(-c6ccccc6)cc5)c4)cc3)C2C=C1. The lowest BCUT2D eigenvalue weighted by atomic mass is 9.83. The molecular formula is C48H38N2. The van der Waals surface area contributed by atoms with E-state index in [2.05, 4.69) is 216 Å². The van der Waals surface area contributed by atoms with Gasteiger partial charge in [-0.25, -0.2) is 0 Å². The molecule has 2 aliphatic carbocycles. The van der Waals surface area contributed by atoms with Crippen LogP contribution < -0.4 is 9.80 Å². The van der Waals surface area contributed by atoms with Crippen LogP contribution in [-0.2, 0) is 0 Å². The normalized spacial score (nSPS) is 20.0. The van der Waals surface area contributed by atoms with Crippen molar-refractivity contribution >= 4 is 22.7 Å². The summed E-state index contributed by atoms with van der Waals surface area (Å²) in [4.78, 5) is 4.97. The fraction of sp³-hybridized carbons (Fsp3) is 0.0833. The molecule has 6 aromatic rings. The summed E-state index contributed by atoms with van der Waals surface area (Å²) in [6.07, 6.45) is 18.4. The molecule has 3 aliphatic rings. The average Bonchev–Trinajstić information content (AvgIpc) is 3.54. The van der Waals surface area contributed by atoms with Crippen LogP contribution in [0.25, 0.3) is 33.4 Å². The second-order valence-electron chi connectivity index (χ2n) is 13.3. The summed E-state index contributed by atoms with van der Waals surface area (Å²) in [5.74, 6) is 0.995. The Balaban J connectivity index is 1.06. The van der Waals surface area contributed by atoms with Crippen LogP contribution in [-0.4, -0.2) is 12.1 Å². The number of rotatable bonds is 7. The van der Waals surface area contributed by atoms with Crippen LogP contribution in [0.4, 0.5) is 22.7 Å². The molecule has 2 heteroatoms. The highest BCUT2D eigenvalue weighted by Gasteiger charge is 2.45. The maximum absolute atomic E-state index is 2.61. The first-order chi connectivity index (χ1) is 24.8. The van der Waals surface area contributed by atoms with Gasteiger partial charge < -0.3 is 9.80 Å². The molecule has 1 saturated heterocycles. The molecule has 0 spiro atoms. The average molecular weight is 643 g/mol. The highest BCUT2D eigenvalue weighted by Crippen LogP contribution is 2.45. The van der Waals surface area contributed by atoms with E-state index in [9.17, 15) is 0 Å². The Hall–Kier alpha value is -6.12. The number of anilines is 4. The van der Waals surface area contributed by atoms with E-state index in [4.69, 9.17) is 0 Å². The fourth-order valence-corrected chi connectivity index (χ4v) is 8.00. The van der Waals surface area contributed by atoms with Gasteiger partial charge in [0, 0.05) is 34.6 Å². The van der Waals surface area contributed by atoms with E-state index >= 15 is 0 Å². The molecule has 50 heavy (non-hydrogen) atoms. The summed E-state index contributed by atoms with van der Waals surface area (Å²) >= 11 is 0. The third kappa shape index (κ3) is 5.59. The van der Waals surface area contributed by atoms with E-state index in [0.717, 1.165) is 17.1 Å². The van der Waals surface area contributed by atoms with E-state index in [1.807, 2.05) is 0 Å². The van der Waals surface area contributed by atoms with E-state index < -0.39 is 0 Å². The highest BCUT2D eigenvalue weighted by atomic mass is 15.2. The lowest BCUT2D eigenvalue weighted by Crippen LogP contribution is -2.36. The Morgan fingerprint density at radius 2 is 0.760 bits per heavy atom. The third-order valence-corrected chi connectivity index (χ3v) is 10.4. The van der Waals surface area contributed by atoms with Crippen LogP contribution in [0.1, 0.15) is 0 Å². The van der Waals surface area contributed by atoms with Crippen LogP contribution in [0.2, 0.25) is 0 Å². The minimum atomic E-state index is 0.367. The molecule has 4 unspecified atom stereocenters. The number of hydrogen-bond acceptors (Lipinski definition) is 2. The lowest BCUT2D eigenvalue weighted by molar-refractivity contribution is 0.527. The predicted octanol–water partition coefficient (Wildman–Crippen LogP) is 12.2. The van der Waals surface area contributed by atoms with E-state index in [1.54, 1.807) is 0 Å². The van der Waals surface area contributed by atoms with Gasteiger partial charge in [-0.1, -0.05) is 158 Å². The van der Waals surface area contributed by atoms with E-state index in [1.165, 1.54) is 39.1 Å². The van der Waals surface area contributed by atoms with E-state index in [-0.39, 0.29) is 0 Å². The molecule has 1 fully saturated rings. The first-order valence-electron chi connectivity index (χ1n) is 17.6. The Morgan fingerprint density at radius 3 is 1.28 bits per heavy atom. The number of fused-ring (bicyclic) bond motifs is 3. The molecule has 2 nitrogen and oxygen atoms in total. The molecule has 0 aromatic heterocycles. The van der Waals surface area contributed by atoms with Crippen LogP contribution >= 0.6 is 0 Å². The molecule has 0 N–H and O–H groups in total. The zero-order chi connectivity index (χ0) is 33.3. The quantitative estimate of drug-likeness (QED) is 0.171. The van der Waals surface area contributed by atoms with Crippen LogP contribution in [0.5, 0.6) is 0 Å². The molecule has 0 saturated carbocycles. The fourth-order valence-electron chi connectivity index (χ4n) is 8.00. The largest absolute Gasteiger partial charge is 0.357 e. The number of benzene rings is 6. The van der Waals surface area contributed by atoms with Crippen LogP contribution in [0.15, 0.2) is 206 Å². The van der Waals surface area contributed by atoms with Crippen molar-refractivity contribution in [2.45, 2.75) is 12.1 Å². The minimum absolute atomic E-state index is 0.367. The van der Waals surface area contributed by atoms with Crippen molar-refractivity contribution in [3.63, 3.8) is 0 Å². The number of hydrogen-bond donors (Lipinski definition) is 0. The molecule has 240 valence electrons. The van der Waals surface area contributed by atoms with Gasteiger partial charge in [0.25, 0.3) is 0 Å². The Bertz CT molecular complexity index is 2090. The van der Waals surface area contributed by atoms with Crippen molar-refractivity contribution in [1.29, 1.82) is 0 Å². The van der Waals surface area contributed by atoms with Gasteiger partial charge in [-0.15, -0.1) is 0 Å². The van der Waals surface area contributed by atoms with Crippen molar-refractivity contribution < 1.29 is 0 Å². The zero-order valence-electron chi connectivity index (χ0n) is 27.8. The van der Waals surface area contributed by atoms with Crippen LogP contribution in [0.3, 0.4) is 0 Å². The summed E-state index contributed by atoms with van der Waals surface area (Å²) in [6, 6.07) is 57.8. The summed E-state index contributed by atoms with van der Waals surface area (Å²) in [5.41, 5.74) is 11.9. The Morgan fingerprint density at radius 1 is 0.340 bits per heavy atom. The summed E-state index contributed by atoms with van der Waals surface area (Å²) in [5, 5.41) is 0. The first kappa shape index (κ1) is 30.0. The van der Waals surface area contributed by atoms with Crippen molar-refractivity contribution in [3.8, 4) is 33.4 Å². The summed E-state index contributed by atoms with van der Waals surface area (Å²) in [7, 11) is 0. The monoisotopic (exact) mass is 642 g/mol. The van der Waals surface area contributed by atoms with Gasteiger partial charge in [0.2, 0.25) is 0 Å². The molecule has 0 radical (unpaired) electrons. The van der Waals surface area contributed by atoms with Gasteiger partial charge in [-0.05, 0) is 81.9 Å². The van der Waals surface area contributed by atoms with Crippen molar-refractivity contribution in [3.05, 3.63) is 206 Å². The van der Waals surface area contributed by atoms with Crippen molar-refractivity contribution in [2.24, 2.45) is 11.8 Å². The summed E-state index contributed by atoms with van der Waals surface area (Å²) < 4.78 is 0. The zero-order valence-corrected chi connectivity index (χ0v) is 27.8. The first-order valence-corrected chi connectivity index (χ1v) is 17.6. The second kappa shape index (κ2) is 13.1. The lowest BCUT2D eigenvalue weighted by Gasteiger charge is -2.32. The molecule has 6 aromatic carbocycles. The summed E-state index contributed by atoms with van der Waals surface area (Å²) in [6.45, 7) is 0. The van der Waals surface area contributed by atoms with Crippen molar-refractivity contribution in [2.75, 3.05) is 9.80 Å². The maximum Gasteiger partial charge on any atom is 0.0551 e. The molecule has 0 amide bonds. The predicted molar refractivity (Wildman–Crippen MR) is 211 cm³/mol. The molecule has 4 atom stereocenters. The second-order valence-corrected chi connectivity index (χ2v) is 13.3. The molecule has 1 heterocycles. The smallest absolute Gasteiger partial charge is 0.0551 e. The van der Waals surface area contributed by atoms with Gasteiger partial charge in [0.1, 0.15) is 0 Å². The Kier molecular flexibility index (Phi) is 7.83. The molecular weight excluding hydrogens is 605 g/mol. The van der Waals surface area contributed by atoms with Gasteiger partial charge in [0.05, 0.1) is 12.1 Å². The van der Waals surface area contributed by atoms with Gasteiger partial charge in [-0.2, -0.15) is 0 Å². The molecule has 0 bridgehead atoms. The van der Waals surface area contributed by atoms with Crippen LogP contribution in [0, 0.1) is 11.8 Å². The van der Waals surface area contributed by atoms with E-state index in [0.29, 0.717) is 23.9 Å². The third-order valence-electron chi connectivity index (χ3n) is 10.4. The van der Waals surface area contributed by atoms with Gasteiger partial charge >= 0.3 is 0 Å². The van der Waals surface area contributed by atoms with Gasteiger partial charge in [0.15, 0.2) is 0 Å².